The largest absolute Gasteiger partial charge is 0.394 e. The Hall–Kier alpha value is -5.14. The van der Waals surface area contributed by atoms with Crippen LogP contribution in [0, 0.1) is 0 Å². The summed E-state index contributed by atoms with van der Waals surface area (Å²) in [4.78, 5) is 77.6. The van der Waals surface area contributed by atoms with Gasteiger partial charge in [0.15, 0.2) is 69.2 Å². The Morgan fingerprint density at radius 1 is 0.201 bits per heavy atom. The number of aliphatic hydroxyl groups excluding tert-OH is 28. The number of nitrogens with one attached hydrogen (secondary N) is 6. The van der Waals surface area contributed by atoms with Gasteiger partial charge in [0.05, 0.1) is 72.2 Å². The maximum absolute atomic E-state index is 13.5. The molecule has 0 aromatic heterocycles. The summed E-state index contributed by atoms with van der Waals surface area (Å²) < 4.78 is 127. The van der Waals surface area contributed by atoms with E-state index in [0.717, 1.165) is 41.5 Å². The molecule has 0 aliphatic carbocycles. The van der Waals surface area contributed by atoms with Crippen LogP contribution in [0.2, 0.25) is 0 Å². The summed E-state index contributed by atoms with van der Waals surface area (Å²) in [5.74, 6) is -5.67. The van der Waals surface area contributed by atoms with Gasteiger partial charge in [0.1, 0.15) is 262 Å². The third kappa shape index (κ3) is 26.0. The predicted molar refractivity (Wildman–Crippen MR) is 430 cm³/mol. The summed E-state index contributed by atoms with van der Waals surface area (Å²) in [5.41, 5.74) is 0. The molecule has 6 amide bonds. The second-order valence-corrected chi connectivity index (χ2v) is 35.3. The first kappa shape index (κ1) is 114. The molecule has 11 fully saturated rings. The second kappa shape index (κ2) is 50.0. The molecular weight excluding hydrogens is 1900 g/mol. The summed E-state index contributed by atoms with van der Waals surface area (Å²) in [6, 6.07) is -11.5. The molecule has 802 valence electrons. The van der Waals surface area contributed by atoms with E-state index in [1.807, 2.05) is 0 Å². The number of carbonyl (C=O) groups is 6. The lowest BCUT2D eigenvalue weighted by Gasteiger charge is -2.52. The molecule has 0 radical (unpaired) electrons. The molecule has 0 aromatic rings. The zero-order valence-corrected chi connectivity index (χ0v) is 75.4. The second-order valence-electron chi connectivity index (χ2n) is 35.3. The van der Waals surface area contributed by atoms with E-state index in [1.165, 1.54) is 6.92 Å². The number of amides is 6. The van der Waals surface area contributed by atoms with Crippen LogP contribution in [-0.4, -0.2) is 582 Å². The van der Waals surface area contributed by atoms with E-state index >= 15 is 0 Å². The van der Waals surface area contributed by atoms with E-state index in [1.54, 1.807) is 0 Å². The van der Waals surface area contributed by atoms with Gasteiger partial charge in [-0.25, -0.2) is 0 Å². The highest BCUT2D eigenvalue weighted by Gasteiger charge is 2.63. The summed E-state index contributed by atoms with van der Waals surface area (Å²) >= 11 is 0. The van der Waals surface area contributed by atoms with Crippen LogP contribution in [0.5, 0.6) is 0 Å². The Labute approximate surface area is 788 Å². The highest BCUT2D eigenvalue weighted by Crippen LogP contribution is 2.42. The molecular formula is C78H130N6O55. The summed E-state index contributed by atoms with van der Waals surface area (Å²) in [6.07, 6.45) is -105. The van der Waals surface area contributed by atoms with Crippen LogP contribution in [0.25, 0.3) is 0 Å². The van der Waals surface area contributed by atoms with Gasteiger partial charge in [-0.05, 0) is 6.92 Å². The molecule has 11 rings (SSSR count). The molecule has 0 saturated carbocycles. The van der Waals surface area contributed by atoms with Crippen molar-refractivity contribution in [2.45, 2.75) is 386 Å². The average Bonchev–Trinajstić information content (AvgIpc) is 0.767. The van der Waals surface area contributed by atoms with Gasteiger partial charge in [-0.1, -0.05) is 0 Å². The van der Waals surface area contributed by atoms with Crippen LogP contribution in [0.15, 0.2) is 0 Å². The van der Waals surface area contributed by atoms with Crippen LogP contribution in [0.1, 0.15) is 48.5 Å². The van der Waals surface area contributed by atoms with Crippen LogP contribution in [0.4, 0.5) is 0 Å². The van der Waals surface area contributed by atoms with Gasteiger partial charge < -0.3 is 274 Å². The molecule has 139 heavy (non-hydrogen) atoms. The number of hydrogen-bond acceptors (Lipinski definition) is 55. The zero-order chi connectivity index (χ0) is 102. The SMILES string of the molecule is CC(=O)N[C@@H]1[C@@H](O)[C@H](O[C@@H]2O[C@H](CO)[C@@H](O[C@@H]3O[C@H](CO[C@H]4O[C@H](CO[C@@H]5O[C@H](CO)[C@@H](O)[C@H](O)[C@H]5NC(C)=O)[C@@H](O)[C@H](O)[C@@H]4O[C@@H]4O[C@H](CO)[C@@H](O)[C@H](O)[C@H]4NC(C)=O)[C@@H](O)[C@H](O[C@H]4O[C@H](CO)[C@@H](O[C@@H]5O[C@H](CO)[C@@H](O[C@@H]6O[C@H](CO)[C@H](O)[C@H](O)[C@H]6O)[C@H](O)[C@H]5NC(C)=O)[C@H](O)[C@@H]4O[C@@H]4O[C@H](CO)[C@@H](O)[C@H](O)[C@H]4NC(C)=O)[C@@H]3O)[C@H](O)[C@H]2NC(C)=O)[C@@H](CO[C@@H]2O[C@@H](C)[C@@H](O)[C@H](O)[C@@H]2O)O[C@H]1O. The lowest BCUT2D eigenvalue weighted by Crippen LogP contribution is -2.71. The zero-order valence-electron chi connectivity index (χ0n) is 75.4. The Balaban J connectivity index is 0.990. The van der Waals surface area contributed by atoms with Crippen LogP contribution < -0.4 is 31.9 Å². The van der Waals surface area contributed by atoms with Gasteiger partial charge >= 0.3 is 0 Å². The molecule has 11 aliphatic heterocycles. The smallest absolute Gasteiger partial charge is 0.217 e. The standard InChI is InChI=1S/C78H130N6O55/c1-18-41(98)54(111)57(114)74(122-18)120-17-34-64(51(108)35(68(118)123-34)79-19(2)92)134-73-40(84-24(7)97)53(110)62(30(13-90)129-73)136-76-60(117)65(47(104)33(131-76)16-121-77-66(138-70-37(81-21(4)94)49(106)43(100)26(9-86)125-70)56(113)46(103)32(132-77)15-119-69-36(80-20(3)93)48(105)42(99)25(8-85)124-69)137-78-67(139-71-38(82-22(5)95)50(107)44(101)27(10-87)126-71)59(116)63(31(14-91)130-78)133-72-39(83-23(6)96)52(109)61(29(12-89)128-72)135-75-58(115)55(112)45(102)28(11-88)127-75/h18,25-78,85-91,98-118H,8-17H2,1-7H3,(H,79,92)(H,80,93)(H,81,94)(H,82,95)(H,83,96)(H,84,97)/t18-,25+,26+,27+,28+,29+,30+,31+,32+,33+,34+,35+,36+,37+,38+,39+,40+,41+,42+,43+,44+,45-,46+,47+,48+,49+,50+,51+,52+,53+,54-,55-,56-,57-,58+,59-,60-,61+,62+,63+,64+,65-,66-,67-,68+,69+,70-,71-,72-,73-,74+,75-,76-,77-,78+/m0/s1. The van der Waals surface area contributed by atoms with E-state index in [0.29, 0.717) is 0 Å². The van der Waals surface area contributed by atoms with Crippen LogP contribution in [-0.2, 0) is 128 Å². The molecule has 11 heterocycles. The first-order valence-electron chi connectivity index (χ1n) is 44.5. The van der Waals surface area contributed by atoms with E-state index in [2.05, 4.69) is 31.9 Å². The maximum Gasteiger partial charge on any atom is 0.217 e. The van der Waals surface area contributed by atoms with Crippen molar-refractivity contribution in [1.82, 2.24) is 31.9 Å². The number of rotatable bonds is 36. The van der Waals surface area contributed by atoms with Crippen molar-refractivity contribution in [3.05, 3.63) is 0 Å². The van der Waals surface area contributed by atoms with Crippen molar-refractivity contribution in [3.8, 4) is 0 Å². The maximum atomic E-state index is 13.5. The highest BCUT2D eigenvalue weighted by atomic mass is 16.8. The Morgan fingerprint density at radius 2 is 0.460 bits per heavy atom. The van der Waals surface area contributed by atoms with Gasteiger partial charge in [0.2, 0.25) is 35.4 Å². The highest BCUT2D eigenvalue weighted by molar-refractivity contribution is 5.75. The lowest BCUT2D eigenvalue weighted by molar-refractivity contribution is -0.404. The third-order valence-electron chi connectivity index (χ3n) is 25.3. The Morgan fingerprint density at radius 3 is 0.885 bits per heavy atom. The molecule has 34 N–H and O–H groups in total. The average molecular weight is 2030 g/mol. The molecule has 0 unspecified atom stereocenters. The minimum absolute atomic E-state index is 0.839. The molecule has 0 spiro atoms. The number of carbonyl (C=O) groups excluding carboxylic acids is 6. The van der Waals surface area contributed by atoms with Crippen molar-refractivity contribution < 1.29 is 271 Å². The van der Waals surface area contributed by atoms with Gasteiger partial charge in [0, 0.05) is 41.5 Å². The van der Waals surface area contributed by atoms with Gasteiger partial charge in [-0.15, -0.1) is 0 Å². The van der Waals surface area contributed by atoms with E-state index in [9.17, 15) is 172 Å². The van der Waals surface area contributed by atoms with Crippen LogP contribution >= 0.6 is 0 Å². The Kier molecular flexibility index (Phi) is 41.1. The topological polar surface area (TPSA) is 935 Å². The minimum atomic E-state index is -2.76. The number of ether oxygens (including phenoxy) is 21. The van der Waals surface area contributed by atoms with E-state index in [4.69, 9.17) is 99.5 Å². The fourth-order valence-corrected chi connectivity index (χ4v) is 18.0. The molecule has 61 heteroatoms. The van der Waals surface area contributed by atoms with Gasteiger partial charge in [0.25, 0.3) is 0 Å². The fraction of sp³-hybridized carbons (Fsp3) is 0.923. The lowest BCUT2D eigenvalue weighted by atomic mass is 9.93. The van der Waals surface area contributed by atoms with Crippen LogP contribution in [0.3, 0.4) is 0 Å². The van der Waals surface area contributed by atoms with Crippen molar-refractivity contribution >= 4 is 35.4 Å². The van der Waals surface area contributed by atoms with Gasteiger partial charge in [-0.3, -0.25) is 28.8 Å². The van der Waals surface area contributed by atoms with Crippen molar-refractivity contribution in [2.24, 2.45) is 0 Å². The molecule has 11 saturated heterocycles. The molecule has 11 aliphatic rings. The molecule has 0 bridgehead atoms. The Bertz CT molecular complexity index is 3900. The monoisotopic (exact) mass is 2030 g/mol. The quantitative estimate of drug-likeness (QED) is 0.0277. The van der Waals surface area contributed by atoms with Crippen molar-refractivity contribution in [1.29, 1.82) is 0 Å². The van der Waals surface area contributed by atoms with Crippen molar-refractivity contribution in [2.75, 3.05) is 66.1 Å². The predicted octanol–water partition coefficient (Wildman–Crippen LogP) is -23.1. The molecule has 61 nitrogen and oxygen atoms in total. The number of aliphatic hydroxyl groups is 28. The third-order valence-corrected chi connectivity index (χ3v) is 25.3. The summed E-state index contributed by atoms with van der Waals surface area (Å²) in [6.45, 7) is -4.52. The molecule has 55 atom stereocenters. The fourth-order valence-electron chi connectivity index (χ4n) is 18.0. The normalized spacial score (nSPS) is 48.3. The molecule has 0 aromatic carbocycles. The summed E-state index contributed by atoms with van der Waals surface area (Å²) in [7, 11) is 0. The number of hydrogen-bond donors (Lipinski definition) is 34. The van der Waals surface area contributed by atoms with Gasteiger partial charge in [-0.2, -0.15) is 0 Å². The first-order chi connectivity index (χ1) is 65.6. The van der Waals surface area contributed by atoms with E-state index < -0.39 is 439 Å². The minimum Gasteiger partial charge on any atom is -0.394 e. The van der Waals surface area contributed by atoms with E-state index in [-0.39, 0.29) is 0 Å². The van der Waals surface area contributed by atoms with Crippen molar-refractivity contribution in [3.63, 3.8) is 0 Å². The first-order valence-corrected chi connectivity index (χ1v) is 44.5. The summed E-state index contributed by atoms with van der Waals surface area (Å²) in [5, 5.41) is 332.